The second-order valence-electron chi connectivity index (χ2n) is 3.80. The van der Waals surface area contributed by atoms with Crippen LogP contribution in [0.2, 0.25) is 0 Å². The summed E-state index contributed by atoms with van der Waals surface area (Å²) >= 11 is 0. The number of aliphatic hydroxyl groups excluding tert-OH is 1. The summed E-state index contributed by atoms with van der Waals surface area (Å²) in [6.45, 7) is 0.831. The van der Waals surface area contributed by atoms with Crippen molar-refractivity contribution in [2.24, 2.45) is 11.8 Å². The smallest absolute Gasteiger partial charge is 0.145 e. The molecular formula is C9H15N5O. The average molecular weight is 209 g/mol. The number of rotatable bonds is 4. The van der Waals surface area contributed by atoms with Crippen LogP contribution in [0.1, 0.15) is 12.8 Å². The number of aromatic nitrogens is 2. The van der Waals surface area contributed by atoms with Crippen LogP contribution in [0.15, 0.2) is 12.4 Å². The molecule has 1 aromatic heterocycles. The van der Waals surface area contributed by atoms with E-state index in [-0.39, 0.29) is 6.10 Å². The highest BCUT2D eigenvalue weighted by molar-refractivity contribution is 5.45. The molecule has 0 spiro atoms. The molecule has 6 heteroatoms. The van der Waals surface area contributed by atoms with Gasteiger partial charge in [0.25, 0.3) is 0 Å². The molecule has 5 N–H and O–H groups in total. The lowest BCUT2D eigenvalue weighted by molar-refractivity contribution is 0.0486. The molecule has 0 unspecified atom stereocenters. The predicted octanol–water partition coefficient (Wildman–Crippen LogP) is -0.0550. The SMILES string of the molecule is NNc1cc(NCC2CC(O)C2)ncn1. The maximum atomic E-state index is 9.12. The lowest BCUT2D eigenvalue weighted by Crippen LogP contribution is -2.33. The van der Waals surface area contributed by atoms with Gasteiger partial charge in [-0.1, -0.05) is 0 Å². The summed E-state index contributed by atoms with van der Waals surface area (Å²) in [6, 6.07) is 1.75. The third-order valence-electron chi connectivity index (χ3n) is 2.60. The molecule has 6 nitrogen and oxygen atoms in total. The zero-order valence-electron chi connectivity index (χ0n) is 8.35. The van der Waals surface area contributed by atoms with Crippen LogP contribution in [-0.2, 0) is 0 Å². The van der Waals surface area contributed by atoms with E-state index in [0.29, 0.717) is 11.7 Å². The Bertz CT molecular complexity index is 326. The van der Waals surface area contributed by atoms with Crippen molar-refractivity contribution in [3.8, 4) is 0 Å². The van der Waals surface area contributed by atoms with Gasteiger partial charge in [0.2, 0.25) is 0 Å². The number of aliphatic hydroxyl groups is 1. The van der Waals surface area contributed by atoms with Gasteiger partial charge in [0.15, 0.2) is 0 Å². The van der Waals surface area contributed by atoms with Gasteiger partial charge in [-0.2, -0.15) is 0 Å². The molecule has 2 rings (SSSR count). The lowest BCUT2D eigenvalue weighted by atomic mass is 9.82. The van der Waals surface area contributed by atoms with Gasteiger partial charge in [-0.3, -0.25) is 0 Å². The maximum Gasteiger partial charge on any atom is 0.145 e. The van der Waals surface area contributed by atoms with Crippen molar-refractivity contribution in [2.75, 3.05) is 17.3 Å². The summed E-state index contributed by atoms with van der Waals surface area (Å²) in [7, 11) is 0. The highest BCUT2D eigenvalue weighted by atomic mass is 16.3. The van der Waals surface area contributed by atoms with Gasteiger partial charge < -0.3 is 15.8 Å². The summed E-state index contributed by atoms with van der Waals surface area (Å²) < 4.78 is 0. The van der Waals surface area contributed by atoms with Crippen molar-refractivity contribution >= 4 is 11.6 Å². The van der Waals surface area contributed by atoms with E-state index < -0.39 is 0 Å². The van der Waals surface area contributed by atoms with E-state index in [1.807, 2.05) is 0 Å². The Morgan fingerprint density at radius 2 is 2.13 bits per heavy atom. The molecule has 0 radical (unpaired) electrons. The van der Waals surface area contributed by atoms with Crippen molar-refractivity contribution in [3.63, 3.8) is 0 Å². The summed E-state index contributed by atoms with van der Waals surface area (Å²) in [5.41, 5.74) is 2.46. The van der Waals surface area contributed by atoms with Gasteiger partial charge in [-0.25, -0.2) is 15.8 Å². The molecule has 1 saturated carbocycles. The van der Waals surface area contributed by atoms with E-state index in [0.717, 1.165) is 25.2 Å². The van der Waals surface area contributed by atoms with Crippen LogP contribution in [-0.4, -0.2) is 27.7 Å². The fourth-order valence-corrected chi connectivity index (χ4v) is 1.65. The van der Waals surface area contributed by atoms with Gasteiger partial charge in [0.1, 0.15) is 18.0 Å². The van der Waals surface area contributed by atoms with Crippen molar-refractivity contribution in [1.82, 2.24) is 9.97 Å². The average Bonchev–Trinajstić information content (AvgIpc) is 2.23. The highest BCUT2D eigenvalue weighted by Gasteiger charge is 2.26. The number of hydrazine groups is 1. The molecule has 0 bridgehead atoms. The second-order valence-corrected chi connectivity index (χ2v) is 3.80. The largest absolute Gasteiger partial charge is 0.393 e. The van der Waals surface area contributed by atoms with Gasteiger partial charge >= 0.3 is 0 Å². The normalized spacial score (nSPS) is 24.4. The molecule has 0 aliphatic heterocycles. The standard InChI is InChI=1S/C9H15N5O/c10-14-9-3-8(12-5-13-9)11-4-6-1-7(15)2-6/h3,5-7,15H,1-2,4,10H2,(H2,11,12,13,14). The predicted molar refractivity (Wildman–Crippen MR) is 57.1 cm³/mol. The molecule has 15 heavy (non-hydrogen) atoms. The van der Waals surface area contributed by atoms with E-state index in [9.17, 15) is 0 Å². The maximum absolute atomic E-state index is 9.12. The van der Waals surface area contributed by atoms with E-state index in [1.54, 1.807) is 6.07 Å². The van der Waals surface area contributed by atoms with E-state index in [1.165, 1.54) is 6.33 Å². The monoisotopic (exact) mass is 209 g/mol. The molecule has 0 saturated heterocycles. The fourth-order valence-electron chi connectivity index (χ4n) is 1.65. The molecule has 1 heterocycles. The summed E-state index contributed by atoms with van der Waals surface area (Å²) in [6.07, 6.45) is 3.09. The minimum absolute atomic E-state index is 0.108. The number of nitrogens with one attached hydrogen (secondary N) is 2. The van der Waals surface area contributed by atoms with Crippen LogP contribution in [0.4, 0.5) is 11.6 Å². The molecule has 0 aromatic carbocycles. The first kappa shape index (κ1) is 10.1. The lowest BCUT2D eigenvalue weighted by Gasteiger charge is -2.31. The number of nitrogens with zero attached hydrogens (tertiary/aromatic N) is 2. The van der Waals surface area contributed by atoms with Crippen molar-refractivity contribution in [1.29, 1.82) is 0 Å². The van der Waals surface area contributed by atoms with Crippen LogP contribution in [0.25, 0.3) is 0 Å². The van der Waals surface area contributed by atoms with E-state index >= 15 is 0 Å². The van der Waals surface area contributed by atoms with Crippen molar-refractivity contribution in [2.45, 2.75) is 18.9 Å². The van der Waals surface area contributed by atoms with Gasteiger partial charge in [-0.15, -0.1) is 0 Å². The molecule has 0 amide bonds. The first-order valence-corrected chi connectivity index (χ1v) is 4.98. The third kappa shape index (κ3) is 2.54. The first-order valence-electron chi connectivity index (χ1n) is 4.98. The van der Waals surface area contributed by atoms with Crippen LogP contribution in [0, 0.1) is 5.92 Å². The minimum Gasteiger partial charge on any atom is -0.393 e. The number of nitrogens with two attached hydrogens (primary N) is 1. The number of hydrogen-bond donors (Lipinski definition) is 4. The Morgan fingerprint density at radius 3 is 2.80 bits per heavy atom. The molecular weight excluding hydrogens is 194 g/mol. The zero-order chi connectivity index (χ0) is 10.7. The molecule has 1 aliphatic rings. The minimum atomic E-state index is -0.108. The molecule has 82 valence electrons. The van der Waals surface area contributed by atoms with Crippen LogP contribution < -0.4 is 16.6 Å². The number of anilines is 2. The summed E-state index contributed by atoms with van der Waals surface area (Å²) in [4.78, 5) is 7.96. The summed E-state index contributed by atoms with van der Waals surface area (Å²) in [5, 5.41) is 12.3. The molecule has 1 aromatic rings. The Kier molecular flexibility index (Phi) is 2.98. The molecule has 0 atom stereocenters. The third-order valence-corrected chi connectivity index (χ3v) is 2.60. The number of hydrogen-bond acceptors (Lipinski definition) is 6. The highest BCUT2D eigenvalue weighted by Crippen LogP contribution is 2.27. The number of nitrogen functional groups attached to an aromatic ring is 1. The Balaban J connectivity index is 1.82. The van der Waals surface area contributed by atoms with E-state index in [4.69, 9.17) is 10.9 Å². The topological polar surface area (TPSA) is 96.1 Å². The van der Waals surface area contributed by atoms with Gasteiger partial charge in [0, 0.05) is 12.6 Å². The van der Waals surface area contributed by atoms with Crippen LogP contribution in [0.3, 0.4) is 0 Å². The van der Waals surface area contributed by atoms with Gasteiger partial charge in [-0.05, 0) is 18.8 Å². The zero-order valence-corrected chi connectivity index (χ0v) is 8.35. The van der Waals surface area contributed by atoms with E-state index in [2.05, 4.69) is 20.7 Å². The Hall–Kier alpha value is -1.40. The summed E-state index contributed by atoms with van der Waals surface area (Å²) in [5.74, 6) is 7.11. The Labute approximate surface area is 87.9 Å². The fraction of sp³-hybridized carbons (Fsp3) is 0.556. The van der Waals surface area contributed by atoms with Gasteiger partial charge in [0.05, 0.1) is 6.10 Å². The molecule has 1 aliphatic carbocycles. The molecule has 1 fully saturated rings. The van der Waals surface area contributed by atoms with Crippen LogP contribution >= 0.6 is 0 Å². The van der Waals surface area contributed by atoms with Crippen LogP contribution in [0.5, 0.6) is 0 Å². The Morgan fingerprint density at radius 1 is 1.40 bits per heavy atom. The van der Waals surface area contributed by atoms with Crippen molar-refractivity contribution in [3.05, 3.63) is 12.4 Å². The van der Waals surface area contributed by atoms with Crippen molar-refractivity contribution < 1.29 is 5.11 Å². The second kappa shape index (κ2) is 4.41. The quantitative estimate of drug-likeness (QED) is 0.410. The first-order chi connectivity index (χ1) is 7.28.